The van der Waals surface area contributed by atoms with Gasteiger partial charge in [0.15, 0.2) is 0 Å². The molecule has 2 rings (SSSR count). The first kappa shape index (κ1) is 20.4. The molecule has 1 unspecified atom stereocenters. The molecule has 1 aromatic rings. The van der Waals surface area contributed by atoms with Crippen molar-refractivity contribution in [3.63, 3.8) is 0 Å². The highest BCUT2D eigenvalue weighted by Crippen LogP contribution is 2.27. The van der Waals surface area contributed by atoms with Gasteiger partial charge in [0, 0.05) is 6.54 Å². The summed E-state index contributed by atoms with van der Waals surface area (Å²) in [5.74, 6) is -2.18. The molecule has 0 aromatic heterocycles. The number of hydrogen-bond donors (Lipinski definition) is 1. The maximum absolute atomic E-state index is 12.6. The van der Waals surface area contributed by atoms with Gasteiger partial charge in [0.2, 0.25) is 0 Å². The van der Waals surface area contributed by atoms with E-state index in [1.54, 1.807) is 46.8 Å². The number of hydroxylamine groups is 2. The van der Waals surface area contributed by atoms with Crippen LogP contribution in [0.4, 0.5) is 4.79 Å². The molecule has 1 aliphatic heterocycles. The lowest BCUT2D eigenvalue weighted by atomic mass is 9.88. The molecule has 0 spiro atoms. The Kier molecular flexibility index (Phi) is 5.58. The standard InChI is InChI=1S/C19H24N2O6/c1-6-19(5,11-20-17(25)26-18(2,3)4)16(24)27-21-14(22)12-9-7-8-10-13(12)15(21)23/h7-10H,6,11H2,1-5H3,(H,20,25). The van der Waals surface area contributed by atoms with E-state index in [1.165, 1.54) is 12.1 Å². The van der Waals surface area contributed by atoms with Crippen molar-refractivity contribution in [2.24, 2.45) is 5.41 Å². The van der Waals surface area contributed by atoms with Crippen LogP contribution in [-0.2, 0) is 14.4 Å². The molecule has 0 aliphatic carbocycles. The van der Waals surface area contributed by atoms with Gasteiger partial charge in [0.1, 0.15) is 5.60 Å². The molecule has 1 aliphatic rings. The molecule has 1 N–H and O–H groups in total. The summed E-state index contributed by atoms with van der Waals surface area (Å²) >= 11 is 0. The van der Waals surface area contributed by atoms with Crippen LogP contribution in [0.5, 0.6) is 0 Å². The van der Waals surface area contributed by atoms with Gasteiger partial charge >= 0.3 is 12.1 Å². The Labute approximate surface area is 157 Å². The van der Waals surface area contributed by atoms with Crippen LogP contribution in [0.1, 0.15) is 61.8 Å². The normalized spacial score (nSPS) is 15.8. The number of carbonyl (C=O) groups excluding carboxylic acids is 4. The molecule has 8 heteroatoms. The number of hydrogen-bond acceptors (Lipinski definition) is 6. The second kappa shape index (κ2) is 7.38. The van der Waals surface area contributed by atoms with Crippen molar-refractivity contribution in [2.75, 3.05) is 6.54 Å². The zero-order valence-corrected chi connectivity index (χ0v) is 16.1. The first-order valence-electron chi connectivity index (χ1n) is 8.65. The Hall–Kier alpha value is -2.90. The van der Waals surface area contributed by atoms with E-state index >= 15 is 0 Å². The van der Waals surface area contributed by atoms with E-state index in [1.807, 2.05) is 0 Å². The number of carbonyl (C=O) groups is 4. The van der Waals surface area contributed by atoms with Gasteiger partial charge < -0.3 is 14.9 Å². The first-order chi connectivity index (χ1) is 12.5. The summed E-state index contributed by atoms with van der Waals surface area (Å²) in [6.07, 6.45) is -0.360. The molecular weight excluding hydrogens is 352 g/mol. The van der Waals surface area contributed by atoms with Crippen LogP contribution in [0.2, 0.25) is 0 Å². The van der Waals surface area contributed by atoms with Crippen molar-refractivity contribution in [1.82, 2.24) is 10.4 Å². The molecular formula is C19H24N2O6. The van der Waals surface area contributed by atoms with E-state index in [2.05, 4.69) is 5.32 Å². The van der Waals surface area contributed by atoms with Crippen molar-refractivity contribution in [1.29, 1.82) is 0 Å². The summed E-state index contributed by atoms with van der Waals surface area (Å²) in [7, 11) is 0. The Morgan fingerprint density at radius 2 is 1.56 bits per heavy atom. The number of rotatable bonds is 5. The molecule has 0 radical (unpaired) electrons. The zero-order chi connectivity index (χ0) is 20.4. The summed E-state index contributed by atoms with van der Waals surface area (Å²) in [6, 6.07) is 6.23. The second-order valence-electron chi connectivity index (χ2n) is 7.60. The minimum Gasteiger partial charge on any atom is -0.444 e. The average molecular weight is 376 g/mol. The molecule has 1 heterocycles. The smallest absolute Gasteiger partial charge is 0.407 e. The maximum Gasteiger partial charge on any atom is 0.407 e. The molecule has 0 saturated heterocycles. The Morgan fingerprint density at radius 3 is 2.00 bits per heavy atom. The topological polar surface area (TPSA) is 102 Å². The van der Waals surface area contributed by atoms with Gasteiger partial charge in [-0.2, -0.15) is 0 Å². The number of alkyl carbamates (subject to hydrolysis) is 1. The number of ether oxygens (including phenoxy) is 1. The molecule has 8 nitrogen and oxygen atoms in total. The van der Waals surface area contributed by atoms with Crippen LogP contribution in [-0.4, -0.2) is 41.1 Å². The lowest BCUT2D eigenvalue weighted by Gasteiger charge is -2.28. The van der Waals surface area contributed by atoms with Gasteiger partial charge in [0.05, 0.1) is 16.5 Å². The maximum atomic E-state index is 12.6. The minimum absolute atomic E-state index is 0.0690. The fourth-order valence-electron chi connectivity index (χ4n) is 2.37. The van der Waals surface area contributed by atoms with Crippen LogP contribution < -0.4 is 5.32 Å². The predicted molar refractivity (Wildman–Crippen MR) is 95.7 cm³/mol. The molecule has 1 aromatic carbocycles. The fraction of sp³-hybridized carbons (Fsp3) is 0.474. The van der Waals surface area contributed by atoms with Crippen molar-refractivity contribution >= 4 is 23.9 Å². The Morgan fingerprint density at radius 1 is 1.04 bits per heavy atom. The third kappa shape index (κ3) is 4.45. The highest BCUT2D eigenvalue weighted by atomic mass is 16.7. The minimum atomic E-state index is -1.15. The summed E-state index contributed by atoms with van der Waals surface area (Å²) in [4.78, 5) is 54.2. The average Bonchev–Trinajstić information content (AvgIpc) is 2.83. The van der Waals surface area contributed by atoms with E-state index in [0.29, 0.717) is 11.5 Å². The van der Waals surface area contributed by atoms with Crippen LogP contribution in [0.15, 0.2) is 24.3 Å². The lowest BCUT2D eigenvalue weighted by Crippen LogP contribution is -2.46. The van der Waals surface area contributed by atoms with Gasteiger partial charge in [-0.05, 0) is 46.2 Å². The van der Waals surface area contributed by atoms with E-state index in [9.17, 15) is 19.2 Å². The van der Waals surface area contributed by atoms with E-state index in [4.69, 9.17) is 9.57 Å². The van der Waals surface area contributed by atoms with Crippen molar-refractivity contribution in [3.05, 3.63) is 35.4 Å². The van der Waals surface area contributed by atoms with Gasteiger partial charge in [-0.1, -0.05) is 24.1 Å². The van der Waals surface area contributed by atoms with Crippen molar-refractivity contribution in [3.8, 4) is 0 Å². The number of nitrogens with one attached hydrogen (secondary N) is 1. The number of amides is 3. The Balaban J connectivity index is 2.06. The quantitative estimate of drug-likeness (QED) is 0.793. The molecule has 146 valence electrons. The second-order valence-corrected chi connectivity index (χ2v) is 7.60. The van der Waals surface area contributed by atoms with E-state index in [-0.39, 0.29) is 17.7 Å². The zero-order valence-electron chi connectivity index (χ0n) is 16.1. The largest absolute Gasteiger partial charge is 0.444 e. The van der Waals surface area contributed by atoms with Crippen LogP contribution >= 0.6 is 0 Å². The highest BCUT2D eigenvalue weighted by Gasteiger charge is 2.42. The summed E-state index contributed by atoms with van der Waals surface area (Å²) in [6.45, 7) is 8.41. The van der Waals surface area contributed by atoms with E-state index < -0.39 is 34.9 Å². The van der Waals surface area contributed by atoms with Gasteiger partial charge in [-0.3, -0.25) is 9.59 Å². The van der Waals surface area contributed by atoms with Crippen molar-refractivity contribution < 1.29 is 28.8 Å². The molecule has 0 saturated carbocycles. The SMILES string of the molecule is CCC(C)(CNC(=O)OC(C)(C)C)C(=O)ON1C(=O)c2ccccc2C1=O. The van der Waals surface area contributed by atoms with Gasteiger partial charge in [0.25, 0.3) is 11.8 Å². The third-order valence-corrected chi connectivity index (χ3v) is 4.23. The van der Waals surface area contributed by atoms with Crippen LogP contribution in [0.25, 0.3) is 0 Å². The first-order valence-corrected chi connectivity index (χ1v) is 8.65. The monoisotopic (exact) mass is 376 g/mol. The highest BCUT2D eigenvalue weighted by molar-refractivity contribution is 6.20. The molecule has 0 bridgehead atoms. The lowest BCUT2D eigenvalue weighted by molar-refractivity contribution is -0.180. The number of benzene rings is 1. The fourth-order valence-corrected chi connectivity index (χ4v) is 2.37. The molecule has 27 heavy (non-hydrogen) atoms. The van der Waals surface area contributed by atoms with Crippen LogP contribution in [0.3, 0.4) is 0 Å². The molecule has 3 amide bonds. The molecule has 0 fully saturated rings. The summed E-state index contributed by atoms with van der Waals surface area (Å²) in [5.41, 5.74) is -1.46. The van der Waals surface area contributed by atoms with Gasteiger partial charge in [-0.15, -0.1) is 0 Å². The number of nitrogens with zero attached hydrogens (tertiary/aromatic N) is 1. The van der Waals surface area contributed by atoms with Crippen molar-refractivity contribution in [2.45, 2.75) is 46.6 Å². The third-order valence-electron chi connectivity index (χ3n) is 4.23. The summed E-state index contributed by atoms with van der Waals surface area (Å²) in [5, 5.41) is 2.99. The van der Waals surface area contributed by atoms with Gasteiger partial charge in [-0.25, -0.2) is 9.59 Å². The molecule has 1 atom stereocenters. The predicted octanol–water partition coefficient (Wildman–Crippen LogP) is 2.68. The van der Waals surface area contributed by atoms with E-state index in [0.717, 1.165) is 0 Å². The number of fused-ring (bicyclic) bond motifs is 1. The summed E-state index contributed by atoms with van der Waals surface area (Å²) < 4.78 is 5.15. The van der Waals surface area contributed by atoms with Crippen LogP contribution in [0, 0.1) is 5.41 Å². The number of imide groups is 1. The Bertz CT molecular complexity index is 748.